The van der Waals surface area contributed by atoms with E-state index >= 15 is 0 Å². The lowest BCUT2D eigenvalue weighted by molar-refractivity contribution is 0.190. The molecule has 1 aliphatic carbocycles. The van der Waals surface area contributed by atoms with Crippen LogP contribution in [0.25, 0.3) is 0 Å². The van der Waals surface area contributed by atoms with Gasteiger partial charge in [-0.25, -0.2) is 4.79 Å². The monoisotopic (exact) mass is 311 g/mol. The molecule has 0 spiro atoms. The Morgan fingerprint density at radius 3 is 2.65 bits per heavy atom. The molecular weight excluding hydrogens is 286 g/mol. The summed E-state index contributed by atoms with van der Waals surface area (Å²) in [5.41, 5.74) is 2.50. The van der Waals surface area contributed by atoms with Crippen molar-refractivity contribution in [2.24, 2.45) is 7.05 Å². The van der Waals surface area contributed by atoms with E-state index in [-0.39, 0.29) is 6.03 Å². The van der Waals surface area contributed by atoms with Gasteiger partial charge in [-0.15, -0.1) is 0 Å². The molecule has 1 aromatic heterocycles. The van der Waals surface area contributed by atoms with Crippen LogP contribution in [0, 0.1) is 0 Å². The van der Waals surface area contributed by atoms with Crippen LogP contribution in [0.4, 0.5) is 4.79 Å². The first-order chi connectivity index (χ1) is 11.2. The number of benzene rings is 1. The fourth-order valence-corrected chi connectivity index (χ4v) is 2.82. The minimum absolute atomic E-state index is 0.0711. The molecule has 0 bridgehead atoms. The number of amides is 2. The maximum absolute atomic E-state index is 12.5. The molecule has 0 radical (unpaired) electrons. The topological polar surface area (TPSA) is 37.3 Å². The van der Waals surface area contributed by atoms with Gasteiger partial charge in [0, 0.05) is 31.5 Å². The number of carbonyl (C=O) groups excluding carboxylic acids is 1. The number of urea groups is 1. The first-order valence-electron chi connectivity index (χ1n) is 8.42. The lowest BCUT2D eigenvalue weighted by Crippen LogP contribution is -2.41. The van der Waals surface area contributed by atoms with Crippen LogP contribution < -0.4 is 5.32 Å². The van der Waals surface area contributed by atoms with Crippen molar-refractivity contribution in [3.05, 3.63) is 59.9 Å². The molecule has 1 aromatic carbocycles. The number of nitrogens with one attached hydrogen (secondary N) is 1. The van der Waals surface area contributed by atoms with Crippen LogP contribution in [0.3, 0.4) is 0 Å². The van der Waals surface area contributed by atoms with Crippen molar-refractivity contribution in [1.29, 1.82) is 0 Å². The maximum Gasteiger partial charge on any atom is 0.318 e. The van der Waals surface area contributed by atoms with E-state index in [1.165, 1.54) is 11.3 Å². The van der Waals surface area contributed by atoms with Gasteiger partial charge in [0.2, 0.25) is 0 Å². The number of aryl methyl sites for hydroxylation is 2. The zero-order valence-corrected chi connectivity index (χ0v) is 13.7. The summed E-state index contributed by atoms with van der Waals surface area (Å²) in [4.78, 5) is 14.5. The maximum atomic E-state index is 12.5. The van der Waals surface area contributed by atoms with Gasteiger partial charge in [-0.05, 0) is 43.4 Å². The Hall–Kier alpha value is -2.23. The molecule has 122 valence electrons. The van der Waals surface area contributed by atoms with Crippen LogP contribution in [-0.4, -0.2) is 28.1 Å². The van der Waals surface area contributed by atoms with Gasteiger partial charge >= 0.3 is 6.03 Å². The molecule has 2 amide bonds. The van der Waals surface area contributed by atoms with Gasteiger partial charge in [-0.1, -0.05) is 30.3 Å². The van der Waals surface area contributed by atoms with E-state index in [0.29, 0.717) is 12.6 Å². The smallest absolute Gasteiger partial charge is 0.318 e. The van der Waals surface area contributed by atoms with Crippen molar-refractivity contribution >= 4 is 6.03 Å². The molecule has 3 rings (SSSR count). The molecule has 1 heterocycles. The highest BCUT2D eigenvalue weighted by Crippen LogP contribution is 2.28. The number of carbonyl (C=O) groups is 1. The molecule has 4 heteroatoms. The Balaban J connectivity index is 1.46. The summed E-state index contributed by atoms with van der Waals surface area (Å²) in [6.07, 6.45) is 6.25. The Morgan fingerprint density at radius 1 is 1.22 bits per heavy atom. The fourth-order valence-electron chi connectivity index (χ4n) is 2.82. The van der Waals surface area contributed by atoms with E-state index < -0.39 is 0 Å². The first kappa shape index (κ1) is 15.7. The molecule has 23 heavy (non-hydrogen) atoms. The molecule has 0 unspecified atom stereocenters. The summed E-state index contributed by atoms with van der Waals surface area (Å²) in [5, 5.41) is 3.08. The van der Waals surface area contributed by atoms with Crippen molar-refractivity contribution in [3.63, 3.8) is 0 Å². The molecule has 2 aromatic rings. The molecule has 1 N–H and O–H groups in total. The highest BCUT2D eigenvalue weighted by Gasteiger charge is 2.32. The van der Waals surface area contributed by atoms with Crippen molar-refractivity contribution in [2.75, 3.05) is 6.54 Å². The number of aromatic nitrogens is 1. The highest BCUT2D eigenvalue weighted by molar-refractivity contribution is 5.74. The summed E-state index contributed by atoms with van der Waals surface area (Å²) < 4.78 is 2.08. The summed E-state index contributed by atoms with van der Waals surface area (Å²) in [7, 11) is 2.03. The van der Waals surface area contributed by atoms with Crippen molar-refractivity contribution in [1.82, 2.24) is 14.8 Å². The Bertz CT molecular complexity index is 631. The van der Waals surface area contributed by atoms with E-state index in [0.717, 1.165) is 32.2 Å². The minimum atomic E-state index is 0.0711. The van der Waals surface area contributed by atoms with E-state index in [4.69, 9.17) is 0 Å². The third-order valence-corrected chi connectivity index (χ3v) is 4.39. The minimum Gasteiger partial charge on any atom is -0.353 e. The molecule has 1 saturated carbocycles. The zero-order chi connectivity index (χ0) is 16.1. The second-order valence-corrected chi connectivity index (χ2v) is 6.29. The fraction of sp³-hybridized carbons (Fsp3) is 0.421. The average molecular weight is 311 g/mol. The Kier molecular flexibility index (Phi) is 5.01. The van der Waals surface area contributed by atoms with Crippen molar-refractivity contribution in [2.45, 2.75) is 38.3 Å². The summed E-state index contributed by atoms with van der Waals surface area (Å²) in [6.45, 7) is 1.42. The zero-order valence-electron chi connectivity index (χ0n) is 13.7. The average Bonchev–Trinajstić information content (AvgIpc) is 3.33. The molecule has 0 aliphatic heterocycles. The lowest BCUT2D eigenvalue weighted by atomic mass is 10.1. The largest absolute Gasteiger partial charge is 0.353 e. The standard InChI is InChI=1S/C19H25N3O/c1-21-14-6-10-18(21)15-22(17-11-12-17)19(23)20-13-5-9-16-7-3-2-4-8-16/h2-4,6-8,10,14,17H,5,9,11-13,15H2,1H3,(H,20,23). The molecule has 0 atom stereocenters. The number of nitrogens with zero attached hydrogens (tertiary/aromatic N) is 2. The summed E-state index contributed by atoms with van der Waals surface area (Å²) >= 11 is 0. The predicted octanol–water partition coefficient (Wildman–Crippen LogP) is 3.33. The SMILES string of the molecule is Cn1cccc1CN(C(=O)NCCCc1ccccc1)C1CC1. The number of rotatable bonds is 7. The molecule has 0 saturated heterocycles. The van der Waals surface area contributed by atoms with Gasteiger partial charge < -0.3 is 14.8 Å². The van der Waals surface area contributed by atoms with Gasteiger partial charge in [0.15, 0.2) is 0 Å². The van der Waals surface area contributed by atoms with Crippen LogP contribution in [0.2, 0.25) is 0 Å². The normalized spacial score (nSPS) is 13.8. The number of hydrogen-bond donors (Lipinski definition) is 1. The van der Waals surface area contributed by atoms with Crippen LogP contribution in [0.1, 0.15) is 30.5 Å². The van der Waals surface area contributed by atoms with Crippen molar-refractivity contribution in [3.8, 4) is 0 Å². The highest BCUT2D eigenvalue weighted by atomic mass is 16.2. The van der Waals surface area contributed by atoms with E-state index in [9.17, 15) is 4.79 Å². The van der Waals surface area contributed by atoms with Gasteiger partial charge in [0.25, 0.3) is 0 Å². The van der Waals surface area contributed by atoms with E-state index in [2.05, 4.69) is 40.2 Å². The van der Waals surface area contributed by atoms with Gasteiger partial charge in [-0.3, -0.25) is 0 Å². The van der Waals surface area contributed by atoms with Crippen LogP contribution in [0.15, 0.2) is 48.7 Å². The van der Waals surface area contributed by atoms with Gasteiger partial charge in [-0.2, -0.15) is 0 Å². The third-order valence-electron chi connectivity index (χ3n) is 4.39. The van der Waals surface area contributed by atoms with Crippen LogP contribution in [-0.2, 0) is 20.0 Å². The number of hydrogen-bond acceptors (Lipinski definition) is 1. The quantitative estimate of drug-likeness (QED) is 0.783. The molecular formula is C19H25N3O. The molecule has 4 nitrogen and oxygen atoms in total. The third kappa shape index (κ3) is 4.38. The summed E-state index contributed by atoms with van der Waals surface area (Å²) in [5.74, 6) is 0. The van der Waals surface area contributed by atoms with E-state index in [1.807, 2.05) is 30.3 Å². The second-order valence-electron chi connectivity index (χ2n) is 6.29. The van der Waals surface area contributed by atoms with Gasteiger partial charge in [0.1, 0.15) is 0 Å². The van der Waals surface area contributed by atoms with E-state index in [1.54, 1.807) is 0 Å². The Morgan fingerprint density at radius 2 is 2.00 bits per heavy atom. The first-order valence-corrected chi connectivity index (χ1v) is 8.42. The van der Waals surface area contributed by atoms with Crippen molar-refractivity contribution < 1.29 is 4.79 Å². The second kappa shape index (κ2) is 7.36. The van der Waals surface area contributed by atoms with Crippen LogP contribution >= 0.6 is 0 Å². The predicted molar refractivity (Wildman–Crippen MR) is 92.1 cm³/mol. The Labute approximate surface area is 138 Å². The lowest BCUT2D eigenvalue weighted by Gasteiger charge is -2.23. The van der Waals surface area contributed by atoms with Gasteiger partial charge in [0.05, 0.1) is 6.54 Å². The molecule has 1 fully saturated rings. The van der Waals surface area contributed by atoms with Crippen LogP contribution in [0.5, 0.6) is 0 Å². The summed E-state index contributed by atoms with van der Waals surface area (Å²) in [6, 6.07) is 15.0. The molecule has 1 aliphatic rings.